The van der Waals surface area contributed by atoms with Crippen molar-refractivity contribution in [3.8, 4) is 34.4 Å². The second-order valence-electron chi connectivity index (χ2n) is 17.6. The molecule has 8 atom stereocenters. The van der Waals surface area contributed by atoms with Gasteiger partial charge in [-0.15, -0.1) is 20.4 Å². The fourth-order valence-corrected chi connectivity index (χ4v) is 11.8. The van der Waals surface area contributed by atoms with Gasteiger partial charge in [0.25, 0.3) is 0 Å². The highest BCUT2D eigenvalue weighted by atomic mass is 35.5. The SMILES string of the molecule is COc1cccc(OC)c1-n1c(CS(=O)(=O)[C@@H](C)[C@H](OC)c2ncc(Cl)cn2)nnc1[C@@H]1OCC[C@@H]1C.COc1cccc(OC)c1-n1c(CS(=O)(=O)[C@@H](C)[C@H](OC)c2ncc(Cl)cn2)nnc1[C@H]1OCC[C@H]1C. The maximum Gasteiger partial charge on any atom is 0.167 e. The van der Waals surface area contributed by atoms with Crippen LogP contribution in [0.4, 0.5) is 0 Å². The van der Waals surface area contributed by atoms with Crippen molar-refractivity contribution < 1.29 is 54.7 Å². The monoisotopic (exact) mass is 1100 g/mol. The number of hydrogen-bond donors (Lipinski definition) is 0. The number of rotatable bonds is 20. The lowest BCUT2D eigenvalue weighted by Gasteiger charge is -2.23. The summed E-state index contributed by atoms with van der Waals surface area (Å²) in [4.78, 5) is 16.6. The second-order valence-corrected chi connectivity index (χ2v) is 23.2. The predicted octanol–water partition coefficient (Wildman–Crippen LogP) is 7.03. The number of sulfone groups is 2. The minimum atomic E-state index is -3.86. The van der Waals surface area contributed by atoms with E-state index in [1.54, 1.807) is 59.4 Å². The van der Waals surface area contributed by atoms with Crippen LogP contribution in [-0.4, -0.2) is 133 Å². The Balaban J connectivity index is 0.000000216. The van der Waals surface area contributed by atoms with E-state index < -0.39 is 53.9 Å². The highest BCUT2D eigenvalue weighted by Crippen LogP contribution is 2.42. The van der Waals surface area contributed by atoms with Crippen molar-refractivity contribution in [2.45, 2.75) is 87.0 Å². The number of ether oxygens (including phenoxy) is 8. The smallest absolute Gasteiger partial charge is 0.167 e. The minimum Gasteiger partial charge on any atom is -0.494 e. The van der Waals surface area contributed by atoms with Crippen LogP contribution in [0.25, 0.3) is 11.4 Å². The molecule has 0 N–H and O–H groups in total. The van der Waals surface area contributed by atoms with E-state index in [2.05, 4.69) is 54.2 Å². The zero-order valence-electron chi connectivity index (χ0n) is 42.6. The topological polar surface area (TPSA) is 255 Å². The number of methoxy groups -OCH3 is 6. The largest absolute Gasteiger partial charge is 0.494 e. The van der Waals surface area contributed by atoms with E-state index in [1.807, 2.05) is 0 Å². The Morgan fingerprint density at radius 2 is 0.892 bits per heavy atom. The Bertz CT molecular complexity index is 2830. The third kappa shape index (κ3) is 11.9. The number of para-hydroxylation sites is 2. The first-order valence-corrected chi connectivity index (χ1v) is 27.6. The van der Waals surface area contributed by atoms with Gasteiger partial charge in [0, 0.05) is 52.2 Å². The van der Waals surface area contributed by atoms with Gasteiger partial charge in [-0.2, -0.15) is 0 Å². The van der Waals surface area contributed by atoms with Crippen LogP contribution in [0.2, 0.25) is 10.0 Å². The molecular weight excluding hydrogens is 1040 g/mol. The molecule has 400 valence electrons. The summed E-state index contributed by atoms with van der Waals surface area (Å²) < 4.78 is 104. The lowest BCUT2D eigenvalue weighted by atomic mass is 10.0. The summed E-state index contributed by atoms with van der Waals surface area (Å²) in [5.41, 5.74) is 0.995. The van der Waals surface area contributed by atoms with E-state index >= 15 is 0 Å². The third-order valence-corrected chi connectivity index (χ3v) is 17.5. The van der Waals surface area contributed by atoms with E-state index in [-0.39, 0.29) is 47.3 Å². The van der Waals surface area contributed by atoms with Crippen molar-refractivity contribution in [1.82, 2.24) is 49.5 Å². The number of halogens is 2. The fourth-order valence-electron chi connectivity index (χ4n) is 8.81. The average Bonchev–Trinajstić information content (AvgIpc) is 4.21. The molecular formula is C48H60Cl2N10O12S2. The third-order valence-electron chi connectivity index (χ3n) is 13.0. The molecule has 2 saturated heterocycles. The van der Waals surface area contributed by atoms with Crippen molar-refractivity contribution in [3.05, 3.63) is 106 Å². The maximum atomic E-state index is 13.7. The van der Waals surface area contributed by atoms with Crippen LogP contribution in [-0.2, 0) is 50.1 Å². The molecule has 22 nitrogen and oxygen atoms in total. The molecule has 6 heterocycles. The van der Waals surface area contributed by atoms with Gasteiger partial charge in [0.1, 0.15) is 70.3 Å². The zero-order valence-corrected chi connectivity index (χ0v) is 45.7. The van der Waals surface area contributed by atoms with E-state index in [4.69, 9.17) is 61.1 Å². The van der Waals surface area contributed by atoms with Crippen molar-refractivity contribution in [3.63, 3.8) is 0 Å². The standard InChI is InChI=1S/2C24H30ClN5O6S/c2*1-14-9-10-36-21(14)24-29-28-19(30(24)20-17(33-3)7-6-8-18(20)34-4)13-37(31,32)15(2)22(35-5)23-26-11-16(25)12-27-23/h2*6-8,11-12,14-15,21-22H,9-10,13H2,1-5H3/t14-,15+,21+,22+;14-,15-,21+,22-/m10/s1. The highest BCUT2D eigenvalue weighted by molar-refractivity contribution is 7.91. The van der Waals surface area contributed by atoms with Gasteiger partial charge in [0.05, 0.1) is 49.0 Å². The first kappa shape index (κ1) is 56.1. The van der Waals surface area contributed by atoms with Gasteiger partial charge >= 0.3 is 0 Å². The van der Waals surface area contributed by atoms with Crippen molar-refractivity contribution in [2.75, 3.05) is 55.9 Å². The molecule has 2 aliphatic rings. The van der Waals surface area contributed by atoms with Crippen LogP contribution in [0.15, 0.2) is 61.2 Å². The average molecular weight is 1100 g/mol. The molecule has 2 fully saturated rings. The van der Waals surface area contributed by atoms with Gasteiger partial charge in [0.2, 0.25) is 0 Å². The Hall–Kier alpha value is -5.60. The van der Waals surface area contributed by atoms with Crippen LogP contribution >= 0.6 is 23.2 Å². The molecule has 74 heavy (non-hydrogen) atoms. The number of hydrogen-bond acceptors (Lipinski definition) is 20. The Morgan fingerprint density at radius 1 is 0.568 bits per heavy atom. The maximum absolute atomic E-state index is 13.7. The van der Waals surface area contributed by atoms with Gasteiger partial charge in [-0.25, -0.2) is 36.8 Å². The van der Waals surface area contributed by atoms with E-state index in [0.717, 1.165) is 12.8 Å². The zero-order chi connectivity index (χ0) is 53.5. The Labute approximate surface area is 440 Å². The molecule has 0 saturated carbocycles. The van der Waals surface area contributed by atoms with E-state index in [0.29, 0.717) is 69.3 Å². The molecule has 0 unspecified atom stereocenters. The first-order chi connectivity index (χ1) is 35.4. The summed E-state index contributed by atoms with van der Waals surface area (Å²) in [5.74, 6) is 3.12. The summed E-state index contributed by atoms with van der Waals surface area (Å²) >= 11 is 11.8. The molecule has 6 aromatic rings. The molecule has 0 spiro atoms. The van der Waals surface area contributed by atoms with Crippen LogP contribution in [0.1, 0.15) is 99.9 Å². The quantitative estimate of drug-likeness (QED) is 0.0743. The summed E-state index contributed by atoms with van der Waals surface area (Å²) in [6.45, 7) is 8.36. The van der Waals surface area contributed by atoms with Crippen LogP contribution in [0.5, 0.6) is 23.0 Å². The number of benzene rings is 2. The normalized spacial score (nSPS) is 19.5. The number of aromatic nitrogens is 10. The molecule has 4 aromatic heterocycles. The van der Waals surface area contributed by atoms with Crippen LogP contribution in [0.3, 0.4) is 0 Å². The molecule has 0 radical (unpaired) electrons. The molecule has 0 amide bonds. The Kier molecular flexibility index (Phi) is 18.5. The molecule has 2 aromatic carbocycles. The van der Waals surface area contributed by atoms with Crippen LogP contribution in [0, 0.1) is 11.8 Å². The highest BCUT2D eigenvalue weighted by Gasteiger charge is 2.40. The second kappa shape index (κ2) is 24.4. The molecule has 0 aliphatic carbocycles. The fraction of sp³-hybridized carbons (Fsp3) is 0.500. The summed E-state index contributed by atoms with van der Waals surface area (Å²) in [7, 11) is 1.23. The van der Waals surface area contributed by atoms with Gasteiger partial charge < -0.3 is 37.9 Å². The summed E-state index contributed by atoms with van der Waals surface area (Å²) in [6.07, 6.45) is 4.71. The van der Waals surface area contributed by atoms with Crippen molar-refractivity contribution in [2.24, 2.45) is 11.8 Å². The van der Waals surface area contributed by atoms with Gasteiger partial charge in [-0.1, -0.05) is 49.2 Å². The predicted molar refractivity (Wildman–Crippen MR) is 272 cm³/mol. The summed E-state index contributed by atoms with van der Waals surface area (Å²) in [6, 6.07) is 10.6. The lowest BCUT2D eigenvalue weighted by Crippen LogP contribution is -2.30. The lowest BCUT2D eigenvalue weighted by molar-refractivity contribution is 0.0856. The van der Waals surface area contributed by atoms with Gasteiger partial charge in [0.15, 0.2) is 54.6 Å². The minimum absolute atomic E-state index is 0.159. The van der Waals surface area contributed by atoms with Gasteiger partial charge in [-0.3, -0.25) is 9.13 Å². The van der Waals surface area contributed by atoms with E-state index in [9.17, 15) is 16.8 Å². The summed E-state index contributed by atoms with van der Waals surface area (Å²) in [5, 5.41) is 16.1. The number of nitrogens with zero attached hydrogens (tertiary/aromatic N) is 10. The van der Waals surface area contributed by atoms with Crippen LogP contribution < -0.4 is 18.9 Å². The van der Waals surface area contributed by atoms with E-state index in [1.165, 1.54) is 67.4 Å². The molecule has 26 heteroatoms. The van der Waals surface area contributed by atoms with Crippen molar-refractivity contribution >= 4 is 42.9 Å². The molecule has 8 rings (SSSR count). The first-order valence-electron chi connectivity index (χ1n) is 23.4. The molecule has 2 aliphatic heterocycles. The Morgan fingerprint density at radius 3 is 1.16 bits per heavy atom. The van der Waals surface area contributed by atoms with Gasteiger partial charge in [-0.05, 0) is 62.8 Å². The van der Waals surface area contributed by atoms with Crippen molar-refractivity contribution in [1.29, 1.82) is 0 Å². The molecule has 0 bridgehead atoms.